The van der Waals surface area contributed by atoms with Crippen LogP contribution in [0.5, 0.6) is 0 Å². The van der Waals surface area contributed by atoms with Crippen molar-refractivity contribution in [2.75, 3.05) is 0 Å². The summed E-state index contributed by atoms with van der Waals surface area (Å²) in [5.41, 5.74) is 1.80. The van der Waals surface area contributed by atoms with Gasteiger partial charge >= 0.3 is 0 Å². The smallest absolute Gasteiger partial charge is 0.266 e. The van der Waals surface area contributed by atoms with Gasteiger partial charge in [0, 0.05) is 0 Å². The molecule has 0 bridgehead atoms. The van der Waals surface area contributed by atoms with Crippen LogP contribution in [-0.2, 0) is 16.0 Å². The second kappa shape index (κ2) is 8.79. The third-order valence-corrected chi connectivity index (χ3v) is 5.36. The van der Waals surface area contributed by atoms with E-state index in [0.29, 0.717) is 4.91 Å². The molecule has 1 atom stereocenters. The second-order valence-electron chi connectivity index (χ2n) is 5.87. The lowest BCUT2D eigenvalue weighted by atomic mass is 10.0. The summed E-state index contributed by atoms with van der Waals surface area (Å²) in [4.78, 5) is 25.9. The highest BCUT2D eigenvalue weighted by molar-refractivity contribution is 8.26. The zero-order chi connectivity index (χ0) is 19.2. The number of thioether (sulfide) groups is 1. The van der Waals surface area contributed by atoms with E-state index < -0.39 is 17.9 Å². The van der Waals surface area contributed by atoms with Gasteiger partial charge in [-0.2, -0.15) is 0 Å². The number of allylic oxidation sites excluding steroid dienone is 2. The first kappa shape index (κ1) is 19.1. The van der Waals surface area contributed by atoms with Gasteiger partial charge < -0.3 is 9.90 Å². The fourth-order valence-electron chi connectivity index (χ4n) is 2.69. The van der Waals surface area contributed by atoms with Gasteiger partial charge in [0.1, 0.15) is 4.32 Å². The van der Waals surface area contributed by atoms with Crippen molar-refractivity contribution in [1.82, 2.24) is 4.90 Å². The number of nitrogens with zero attached hydrogens (tertiary/aromatic N) is 1. The molecule has 1 aliphatic rings. The van der Waals surface area contributed by atoms with Crippen molar-refractivity contribution in [2.24, 2.45) is 0 Å². The number of carboxylic acid groups (broad SMARTS) is 1. The summed E-state index contributed by atoms with van der Waals surface area (Å²) in [6.45, 7) is 0. The average molecular weight is 394 g/mol. The van der Waals surface area contributed by atoms with E-state index in [0.717, 1.165) is 27.8 Å². The van der Waals surface area contributed by atoms with Crippen LogP contribution in [0.4, 0.5) is 0 Å². The molecule has 0 aromatic heterocycles. The number of aliphatic carboxylic acids is 1. The van der Waals surface area contributed by atoms with Crippen LogP contribution in [0, 0.1) is 0 Å². The fourth-order valence-corrected chi connectivity index (χ4v) is 4.00. The summed E-state index contributed by atoms with van der Waals surface area (Å²) in [7, 11) is 0. The molecule has 3 rings (SSSR count). The van der Waals surface area contributed by atoms with E-state index in [9.17, 15) is 14.7 Å². The van der Waals surface area contributed by atoms with E-state index in [4.69, 9.17) is 12.2 Å². The van der Waals surface area contributed by atoms with Gasteiger partial charge in [-0.05, 0) is 23.6 Å². The van der Waals surface area contributed by atoms with Gasteiger partial charge in [-0.25, -0.2) is 0 Å². The van der Waals surface area contributed by atoms with Crippen LogP contribution in [-0.4, -0.2) is 27.1 Å². The maximum absolute atomic E-state index is 12.7. The maximum atomic E-state index is 12.7. The Morgan fingerprint density at radius 3 is 2.37 bits per heavy atom. The molecule has 1 fully saturated rings. The largest absolute Gasteiger partial charge is 0.548 e. The molecule has 0 N–H and O–H groups in total. The molecule has 1 amide bonds. The summed E-state index contributed by atoms with van der Waals surface area (Å²) in [6.07, 6.45) is 5.42. The second-order valence-corrected chi connectivity index (χ2v) is 7.54. The molecule has 0 aliphatic carbocycles. The third kappa shape index (κ3) is 4.72. The van der Waals surface area contributed by atoms with E-state index in [1.807, 2.05) is 66.7 Å². The molecule has 1 heterocycles. The number of rotatable bonds is 6. The maximum Gasteiger partial charge on any atom is 0.266 e. The van der Waals surface area contributed by atoms with Crippen LogP contribution in [0.25, 0.3) is 6.08 Å². The summed E-state index contributed by atoms with van der Waals surface area (Å²) in [5, 5.41) is 11.7. The summed E-state index contributed by atoms with van der Waals surface area (Å²) >= 11 is 6.36. The van der Waals surface area contributed by atoms with Gasteiger partial charge in [-0.3, -0.25) is 9.69 Å². The Hall–Kier alpha value is -2.70. The Labute approximate surface area is 167 Å². The number of thiocarbonyl (C=S) groups is 1. The molecular weight excluding hydrogens is 378 g/mol. The molecule has 1 aliphatic heterocycles. The Bertz CT molecular complexity index is 908. The molecule has 6 heteroatoms. The Morgan fingerprint density at radius 1 is 1.11 bits per heavy atom. The van der Waals surface area contributed by atoms with Crippen molar-refractivity contribution in [1.29, 1.82) is 0 Å². The van der Waals surface area contributed by atoms with Gasteiger partial charge in [0.25, 0.3) is 5.91 Å². The molecule has 2 aromatic rings. The Balaban J connectivity index is 1.78. The molecule has 1 unspecified atom stereocenters. The standard InChI is InChI=1S/C21H17NO3S2/c23-19-18(13-7-12-15-8-3-1-4-9-15)27-21(26)22(19)17(20(24)25)14-16-10-5-2-6-11-16/h1-13,17H,14H2,(H,24,25)/p-1. The minimum atomic E-state index is -1.32. The predicted octanol–water partition coefficient (Wildman–Crippen LogP) is 2.81. The first-order valence-electron chi connectivity index (χ1n) is 8.30. The summed E-state index contributed by atoms with van der Waals surface area (Å²) in [5.74, 6) is -1.73. The van der Waals surface area contributed by atoms with Crippen molar-refractivity contribution >= 4 is 46.3 Å². The molecule has 27 heavy (non-hydrogen) atoms. The Kier molecular flexibility index (Phi) is 6.21. The zero-order valence-corrected chi connectivity index (χ0v) is 15.9. The molecular formula is C21H16NO3S2-. The molecule has 1 saturated heterocycles. The van der Waals surface area contributed by atoms with Gasteiger partial charge in [0.15, 0.2) is 0 Å². The number of carbonyl (C=O) groups excluding carboxylic acids is 2. The first-order chi connectivity index (χ1) is 13.1. The van der Waals surface area contributed by atoms with Gasteiger partial charge in [0.05, 0.1) is 16.9 Å². The average Bonchev–Trinajstić information content (AvgIpc) is 2.95. The SMILES string of the molecule is O=C([O-])C(Cc1ccccc1)N1C(=O)C(=CC=Cc2ccccc2)SC1=S. The van der Waals surface area contributed by atoms with E-state index in [-0.39, 0.29) is 10.7 Å². The van der Waals surface area contributed by atoms with Crippen molar-refractivity contribution in [3.8, 4) is 0 Å². The van der Waals surface area contributed by atoms with Crippen molar-refractivity contribution in [3.63, 3.8) is 0 Å². The topological polar surface area (TPSA) is 60.4 Å². The number of carboxylic acids is 1. The minimum Gasteiger partial charge on any atom is -0.548 e. The quantitative estimate of drug-likeness (QED) is 0.557. The highest BCUT2D eigenvalue weighted by Gasteiger charge is 2.37. The number of amides is 1. The van der Waals surface area contributed by atoms with Crippen LogP contribution in [0.3, 0.4) is 0 Å². The van der Waals surface area contributed by atoms with E-state index in [1.165, 1.54) is 0 Å². The monoisotopic (exact) mass is 394 g/mol. The molecule has 4 nitrogen and oxygen atoms in total. The molecule has 2 aromatic carbocycles. The molecule has 136 valence electrons. The van der Waals surface area contributed by atoms with E-state index in [2.05, 4.69) is 0 Å². The number of benzene rings is 2. The lowest BCUT2D eigenvalue weighted by Gasteiger charge is -2.27. The van der Waals surface area contributed by atoms with Gasteiger partial charge in [-0.1, -0.05) is 96.8 Å². The van der Waals surface area contributed by atoms with E-state index in [1.54, 1.807) is 12.2 Å². The van der Waals surface area contributed by atoms with Crippen molar-refractivity contribution in [3.05, 3.63) is 88.8 Å². The van der Waals surface area contributed by atoms with Crippen molar-refractivity contribution < 1.29 is 14.7 Å². The van der Waals surface area contributed by atoms with Crippen LogP contribution in [0.2, 0.25) is 0 Å². The molecule has 0 spiro atoms. The highest BCUT2D eigenvalue weighted by atomic mass is 32.2. The first-order valence-corrected chi connectivity index (χ1v) is 9.52. The van der Waals surface area contributed by atoms with Crippen LogP contribution in [0.15, 0.2) is 77.7 Å². The number of carbonyl (C=O) groups is 2. The predicted molar refractivity (Wildman–Crippen MR) is 110 cm³/mol. The van der Waals surface area contributed by atoms with Crippen molar-refractivity contribution in [2.45, 2.75) is 12.5 Å². The lowest BCUT2D eigenvalue weighted by Crippen LogP contribution is -2.51. The summed E-state index contributed by atoms with van der Waals surface area (Å²) in [6, 6.07) is 17.6. The Morgan fingerprint density at radius 2 is 1.74 bits per heavy atom. The highest BCUT2D eigenvalue weighted by Crippen LogP contribution is 2.33. The molecule has 0 saturated carbocycles. The van der Waals surface area contributed by atoms with Gasteiger partial charge in [0.2, 0.25) is 0 Å². The van der Waals surface area contributed by atoms with Crippen LogP contribution >= 0.6 is 24.0 Å². The number of hydrogen-bond acceptors (Lipinski definition) is 5. The van der Waals surface area contributed by atoms with E-state index >= 15 is 0 Å². The van der Waals surface area contributed by atoms with Crippen LogP contribution in [0.1, 0.15) is 11.1 Å². The lowest BCUT2D eigenvalue weighted by molar-refractivity contribution is -0.310. The molecule has 0 radical (unpaired) electrons. The number of hydrogen-bond donors (Lipinski definition) is 0. The van der Waals surface area contributed by atoms with Gasteiger partial charge in [-0.15, -0.1) is 0 Å². The zero-order valence-electron chi connectivity index (χ0n) is 14.3. The minimum absolute atomic E-state index is 0.142. The summed E-state index contributed by atoms with van der Waals surface area (Å²) < 4.78 is 0.226. The fraction of sp³-hybridized carbons (Fsp3) is 0.0952. The third-order valence-electron chi connectivity index (χ3n) is 4.02. The van der Waals surface area contributed by atoms with Crippen LogP contribution < -0.4 is 5.11 Å². The normalized spacial score (nSPS) is 17.0.